The molecule has 2 aromatic carbocycles. The highest BCUT2D eigenvalue weighted by Gasteiger charge is 2.20. The highest BCUT2D eigenvalue weighted by atomic mass is 32.2. The van der Waals surface area contributed by atoms with Gasteiger partial charge in [-0.2, -0.15) is 0 Å². The molecule has 0 saturated carbocycles. The number of rotatable bonds is 5. The summed E-state index contributed by atoms with van der Waals surface area (Å²) in [5.74, 6) is -1.20. The van der Waals surface area contributed by atoms with Crippen LogP contribution in [0.5, 0.6) is 0 Å². The van der Waals surface area contributed by atoms with Crippen LogP contribution in [0.1, 0.15) is 0 Å². The molecule has 0 fully saturated rings. The number of sulfonamides is 1. The van der Waals surface area contributed by atoms with Crippen LogP contribution in [-0.2, 0) is 14.8 Å². The molecule has 0 atom stereocenters. The molecule has 0 heterocycles. The van der Waals surface area contributed by atoms with Gasteiger partial charge in [0.2, 0.25) is 10.0 Å². The molecule has 0 spiro atoms. The maximum atomic E-state index is 11.7. The van der Waals surface area contributed by atoms with E-state index in [0.717, 1.165) is 21.7 Å². The molecule has 0 aliphatic heterocycles. The van der Waals surface area contributed by atoms with Crippen LogP contribution in [0.4, 0.5) is 5.69 Å². The third-order valence-corrected chi connectivity index (χ3v) is 4.08. The highest BCUT2D eigenvalue weighted by molar-refractivity contribution is 7.92. The molecule has 0 aromatic heterocycles. The molecule has 0 aliphatic rings. The molecule has 6 heteroatoms. The SMILES string of the molecule is CS(=O)(=O)N(CC(=O)O)c1ccc(-c2ccccc2)cc1. The van der Waals surface area contributed by atoms with Gasteiger partial charge in [0, 0.05) is 0 Å². The Hall–Kier alpha value is -2.34. The molecule has 0 aliphatic carbocycles. The molecule has 1 N–H and O–H groups in total. The molecular formula is C15H15NO4S. The first-order chi connectivity index (χ1) is 9.88. The summed E-state index contributed by atoms with van der Waals surface area (Å²) < 4.78 is 24.2. The predicted molar refractivity (Wildman–Crippen MR) is 81.7 cm³/mol. The van der Waals surface area contributed by atoms with E-state index >= 15 is 0 Å². The van der Waals surface area contributed by atoms with Crippen molar-refractivity contribution in [1.29, 1.82) is 0 Å². The first kappa shape index (κ1) is 15.1. The van der Waals surface area contributed by atoms with Gasteiger partial charge in [-0.3, -0.25) is 9.10 Å². The van der Waals surface area contributed by atoms with Gasteiger partial charge in [0.25, 0.3) is 0 Å². The van der Waals surface area contributed by atoms with Gasteiger partial charge in [-0.1, -0.05) is 42.5 Å². The lowest BCUT2D eigenvalue weighted by molar-refractivity contribution is -0.135. The van der Waals surface area contributed by atoms with Crippen molar-refractivity contribution >= 4 is 21.7 Å². The molecule has 0 amide bonds. The summed E-state index contributed by atoms with van der Waals surface area (Å²) in [7, 11) is -3.64. The van der Waals surface area contributed by atoms with Gasteiger partial charge in [0.05, 0.1) is 11.9 Å². The first-order valence-corrected chi connectivity index (χ1v) is 8.08. The van der Waals surface area contributed by atoms with Crippen LogP contribution < -0.4 is 4.31 Å². The van der Waals surface area contributed by atoms with Gasteiger partial charge in [0.1, 0.15) is 6.54 Å². The number of anilines is 1. The zero-order valence-corrected chi connectivity index (χ0v) is 12.2. The van der Waals surface area contributed by atoms with E-state index < -0.39 is 22.5 Å². The van der Waals surface area contributed by atoms with Crippen LogP contribution in [0.2, 0.25) is 0 Å². The van der Waals surface area contributed by atoms with E-state index in [0.29, 0.717) is 5.69 Å². The first-order valence-electron chi connectivity index (χ1n) is 6.23. The van der Waals surface area contributed by atoms with E-state index in [1.165, 1.54) is 0 Å². The van der Waals surface area contributed by atoms with Gasteiger partial charge in [-0.25, -0.2) is 8.42 Å². The number of carbonyl (C=O) groups is 1. The van der Waals surface area contributed by atoms with Crippen molar-refractivity contribution in [3.63, 3.8) is 0 Å². The Labute approximate surface area is 123 Å². The summed E-state index contributed by atoms with van der Waals surface area (Å²) in [5, 5.41) is 8.84. The maximum Gasteiger partial charge on any atom is 0.324 e. The fourth-order valence-electron chi connectivity index (χ4n) is 1.97. The van der Waals surface area contributed by atoms with Crippen molar-refractivity contribution in [2.24, 2.45) is 0 Å². The van der Waals surface area contributed by atoms with Crippen molar-refractivity contribution in [1.82, 2.24) is 0 Å². The van der Waals surface area contributed by atoms with Gasteiger partial charge >= 0.3 is 5.97 Å². The van der Waals surface area contributed by atoms with Gasteiger partial charge in [-0.15, -0.1) is 0 Å². The Morgan fingerprint density at radius 1 is 1.00 bits per heavy atom. The van der Waals surface area contributed by atoms with Crippen LogP contribution in [0.15, 0.2) is 54.6 Å². The van der Waals surface area contributed by atoms with Crippen LogP contribution in [0.25, 0.3) is 11.1 Å². The van der Waals surface area contributed by atoms with Crippen LogP contribution >= 0.6 is 0 Å². The number of benzene rings is 2. The van der Waals surface area contributed by atoms with E-state index in [1.54, 1.807) is 24.3 Å². The zero-order valence-electron chi connectivity index (χ0n) is 11.4. The quantitative estimate of drug-likeness (QED) is 0.919. The zero-order chi connectivity index (χ0) is 15.5. The second-order valence-electron chi connectivity index (χ2n) is 4.58. The Balaban J connectivity index is 2.34. The summed E-state index contributed by atoms with van der Waals surface area (Å²) in [6, 6.07) is 16.4. The molecule has 0 saturated heterocycles. The Bertz CT molecular complexity index is 724. The lowest BCUT2D eigenvalue weighted by Crippen LogP contribution is -2.34. The van der Waals surface area contributed by atoms with Crippen LogP contribution in [0, 0.1) is 0 Å². The van der Waals surface area contributed by atoms with Crippen LogP contribution in [-0.4, -0.2) is 32.3 Å². The summed E-state index contributed by atoms with van der Waals surface area (Å²) in [5.41, 5.74) is 2.27. The van der Waals surface area contributed by atoms with Gasteiger partial charge < -0.3 is 5.11 Å². The Kier molecular flexibility index (Phi) is 4.28. The predicted octanol–water partition coefficient (Wildman–Crippen LogP) is 2.20. The summed E-state index contributed by atoms with van der Waals surface area (Å²) in [6.45, 7) is -0.594. The maximum absolute atomic E-state index is 11.7. The number of carboxylic acid groups (broad SMARTS) is 1. The smallest absolute Gasteiger partial charge is 0.324 e. The van der Waals surface area contributed by atoms with E-state index in [4.69, 9.17) is 5.11 Å². The number of hydrogen-bond acceptors (Lipinski definition) is 3. The van der Waals surface area contributed by atoms with E-state index in [-0.39, 0.29) is 0 Å². The minimum absolute atomic E-state index is 0.333. The fraction of sp³-hybridized carbons (Fsp3) is 0.133. The van der Waals surface area contributed by atoms with Crippen molar-refractivity contribution in [3.05, 3.63) is 54.6 Å². The molecule has 5 nitrogen and oxygen atoms in total. The number of nitrogens with zero attached hydrogens (tertiary/aromatic N) is 1. The van der Waals surface area contributed by atoms with Gasteiger partial charge in [0.15, 0.2) is 0 Å². The molecule has 21 heavy (non-hydrogen) atoms. The minimum Gasteiger partial charge on any atom is -0.480 e. The Morgan fingerprint density at radius 3 is 2.00 bits per heavy atom. The third kappa shape index (κ3) is 3.82. The van der Waals surface area contributed by atoms with Crippen molar-refractivity contribution in [2.45, 2.75) is 0 Å². The topological polar surface area (TPSA) is 74.7 Å². The molecule has 0 unspecified atom stereocenters. The van der Waals surface area contributed by atoms with E-state index in [1.807, 2.05) is 30.3 Å². The lowest BCUT2D eigenvalue weighted by Gasteiger charge is -2.20. The second kappa shape index (κ2) is 5.97. The molecule has 110 valence electrons. The van der Waals surface area contributed by atoms with Crippen molar-refractivity contribution < 1.29 is 18.3 Å². The number of hydrogen-bond donors (Lipinski definition) is 1. The molecule has 0 bridgehead atoms. The van der Waals surface area contributed by atoms with Gasteiger partial charge in [-0.05, 0) is 23.3 Å². The third-order valence-electron chi connectivity index (χ3n) is 2.94. The molecule has 2 aromatic rings. The fourth-order valence-corrected chi connectivity index (χ4v) is 2.82. The second-order valence-corrected chi connectivity index (χ2v) is 6.48. The summed E-state index contributed by atoms with van der Waals surface area (Å²) in [4.78, 5) is 10.8. The largest absolute Gasteiger partial charge is 0.480 e. The Morgan fingerprint density at radius 2 is 1.52 bits per heavy atom. The van der Waals surface area contributed by atoms with E-state index in [9.17, 15) is 13.2 Å². The standard InChI is InChI=1S/C15H15NO4S/c1-21(19,20)16(11-15(17)18)14-9-7-13(8-10-14)12-5-3-2-4-6-12/h2-10H,11H2,1H3,(H,17,18). The number of aliphatic carboxylic acids is 1. The lowest BCUT2D eigenvalue weighted by atomic mass is 10.1. The molecular weight excluding hydrogens is 290 g/mol. The summed E-state index contributed by atoms with van der Waals surface area (Å²) in [6.07, 6.45) is 0.987. The molecule has 0 radical (unpaired) electrons. The minimum atomic E-state index is -3.64. The van der Waals surface area contributed by atoms with Crippen molar-refractivity contribution in [2.75, 3.05) is 17.1 Å². The number of carboxylic acids is 1. The summed E-state index contributed by atoms with van der Waals surface area (Å²) >= 11 is 0. The van der Waals surface area contributed by atoms with Crippen molar-refractivity contribution in [3.8, 4) is 11.1 Å². The average Bonchev–Trinajstić information content (AvgIpc) is 2.45. The normalized spacial score (nSPS) is 11.1. The van der Waals surface area contributed by atoms with Crippen LogP contribution in [0.3, 0.4) is 0 Å². The molecule has 2 rings (SSSR count). The highest BCUT2D eigenvalue weighted by Crippen LogP contribution is 2.24. The van der Waals surface area contributed by atoms with E-state index in [2.05, 4.69) is 0 Å². The average molecular weight is 305 g/mol. The monoisotopic (exact) mass is 305 g/mol.